The van der Waals surface area contributed by atoms with E-state index in [1.807, 2.05) is 12.1 Å². The highest BCUT2D eigenvalue weighted by atomic mass is 32.2. The molecule has 1 aromatic rings. The van der Waals surface area contributed by atoms with E-state index in [-0.39, 0.29) is 30.4 Å². The molecule has 0 spiro atoms. The molecule has 1 saturated carbocycles. The molecule has 0 radical (unpaired) electrons. The second-order valence-electron chi connectivity index (χ2n) is 6.60. The molecule has 3 aliphatic rings. The largest absolute Gasteiger partial charge is 0.493 e. The van der Waals surface area contributed by atoms with Gasteiger partial charge in [-0.05, 0) is 37.3 Å². The Morgan fingerprint density at radius 2 is 2.12 bits per heavy atom. The lowest BCUT2D eigenvalue weighted by Gasteiger charge is -2.33. The van der Waals surface area contributed by atoms with E-state index in [4.69, 9.17) is 4.74 Å². The highest BCUT2D eigenvalue weighted by Crippen LogP contribution is 2.56. The molecule has 0 bridgehead atoms. The van der Waals surface area contributed by atoms with E-state index in [9.17, 15) is 18.3 Å². The average Bonchev–Trinajstić information content (AvgIpc) is 3.33. The summed E-state index contributed by atoms with van der Waals surface area (Å²) in [5, 5.41) is 9.63. The molecule has 24 heavy (non-hydrogen) atoms. The van der Waals surface area contributed by atoms with Crippen molar-refractivity contribution in [2.45, 2.75) is 31.2 Å². The van der Waals surface area contributed by atoms with Crippen molar-refractivity contribution < 1.29 is 23.1 Å². The summed E-state index contributed by atoms with van der Waals surface area (Å²) in [5.74, 6) is -0.436. The molecule has 1 aliphatic carbocycles. The quantitative estimate of drug-likeness (QED) is 0.903. The molecule has 0 aromatic heterocycles. The van der Waals surface area contributed by atoms with Crippen LogP contribution in [0.15, 0.2) is 29.2 Å². The van der Waals surface area contributed by atoms with Crippen LogP contribution in [0.25, 0.3) is 6.08 Å². The molecule has 2 heterocycles. The number of aliphatic carboxylic acids is 1. The summed E-state index contributed by atoms with van der Waals surface area (Å²) in [5.41, 5.74) is -0.521. The Balaban J connectivity index is 1.75. The summed E-state index contributed by atoms with van der Waals surface area (Å²) in [7, 11) is -3.83. The van der Waals surface area contributed by atoms with E-state index in [1.54, 1.807) is 18.2 Å². The predicted molar refractivity (Wildman–Crippen MR) is 87.9 cm³/mol. The van der Waals surface area contributed by atoms with Crippen LogP contribution < -0.4 is 4.74 Å². The minimum atomic E-state index is -3.83. The van der Waals surface area contributed by atoms with Gasteiger partial charge in [0, 0.05) is 18.5 Å². The molecular formula is C17H19NO5S. The number of hydrogen-bond acceptors (Lipinski definition) is 4. The lowest BCUT2D eigenvalue weighted by Crippen LogP contribution is -2.51. The van der Waals surface area contributed by atoms with Gasteiger partial charge in [0.1, 0.15) is 11.3 Å². The van der Waals surface area contributed by atoms with Gasteiger partial charge in [-0.15, -0.1) is 0 Å². The van der Waals surface area contributed by atoms with Crippen molar-refractivity contribution in [1.82, 2.24) is 4.31 Å². The summed E-state index contributed by atoms with van der Waals surface area (Å²) in [4.78, 5) is 12.0. The van der Waals surface area contributed by atoms with Crippen LogP contribution in [0.4, 0.5) is 0 Å². The Morgan fingerprint density at radius 3 is 2.92 bits per heavy atom. The number of carbonyl (C=O) groups is 1. The third-order valence-corrected chi connectivity index (χ3v) is 7.34. The van der Waals surface area contributed by atoms with Crippen molar-refractivity contribution in [3.8, 4) is 5.75 Å². The van der Waals surface area contributed by atoms with E-state index >= 15 is 0 Å². The van der Waals surface area contributed by atoms with Gasteiger partial charge in [-0.25, -0.2) is 8.42 Å². The molecular weight excluding hydrogens is 330 g/mol. The summed E-state index contributed by atoms with van der Waals surface area (Å²) in [6, 6.07) is 7.27. The van der Waals surface area contributed by atoms with Gasteiger partial charge < -0.3 is 9.84 Å². The molecule has 2 fully saturated rings. The van der Waals surface area contributed by atoms with Gasteiger partial charge in [0.25, 0.3) is 0 Å². The summed E-state index contributed by atoms with van der Waals surface area (Å²) >= 11 is 0. The summed E-state index contributed by atoms with van der Waals surface area (Å²) in [6.07, 6.45) is 3.78. The van der Waals surface area contributed by atoms with Crippen LogP contribution in [-0.2, 0) is 14.8 Å². The minimum Gasteiger partial charge on any atom is -0.493 e. The van der Waals surface area contributed by atoms with E-state index in [0.29, 0.717) is 24.2 Å². The molecule has 4 rings (SSSR count). The van der Waals surface area contributed by atoms with E-state index in [1.165, 1.54) is 4.31 Å². The normalized spacial score (nSPS) is 29.5. The van der Waals surface area contributed by atoms with Crippen LogP contribution >= 0.6 is 0 Å². The smallest absolute Gasteiger partial charge is 0.325 e. The third kappa shape index (κ3) is 2.18. The molecule has 0 unspecified atom stereocenters. The highest BCUT2D eigenvalue weighted by Gasteiger charge is 2.68. The number of carboxylic acids is 1. The van der Waals surface area contributed by atoms with E-state index < -0.39 is 21.5 Å². The molecule has 0 amide bonds. The number of hydrogen-bond donors (Lipinski definition) is 1. The average molecular weight is 349 g/mol. The Bertz CT molecular complexity index is 831. The summed E-state index contributed by atoms with van der Waals surface area (Å²) in [6.45, 7) is 0.532. The first kappa shape index (κ1) is 15.7. The van der Waals surface area contributed by atoms with Gasteiger partial charge in [0.2, 0.25) is 10.0 Å². The number of rotatable bonds is 3. The Labute approximate surface area is 140 Å². The summed E-state index contributed by atoms with van der Waals surface area (Å²) < 4.78 is 33.2. The van der Waals surface area contributed by atoms with Crippen molar-refractivity contribution in [3.63, 3.8) is 0 Å². The zero-order chi connectivity index (χ0) is 16.9. The SMILES string of the molecule is O=C(O)[C@]12C[C@H]1CCCN2S(=O)(=O)C1=Cc2ccccc2OCC1. The topological polar surface area (TPSA) is 83.9 Å². The molecule has 6 nitrogen and oxygen atoms in total. The number of fused-ring (bicyclic) bond motifs is 2. The number of sulfonamides is 1. The molecule has 128 valence electrons. The lowest BCUT2D eigenvalue weighted by atomic mass is 10.1. The van der Waals surface area contributed by atoms with Crippen molar-refractivity contribution in [3.05, 3.63) is 34.7 Å². The molecule has 2 atom stereocenters. The number of carboxylic acid groups (broad SMARTS) is 1. The molecule has 1 N–H and O–H groups in total. The number of ether oxygens (including phenoxy) is 1. The second kappa shape index (κ2) is 5.32. The number of nitrogens with zero attached hydrogens (tertiary/aromatic N) is 1. The first-order valence-corrected chi connectivity index (χ1v) is 9.59. The standard InChI is InChI=1S/C17H19NO5S/c19-16(20)17-11-13(17)5-3-8-18(17)24(21,22)14-7-9-23-15-6-2-1-4-12(15)10-14/h1-2,4,6,10,13H,3,5,7-9,11H2,(H,19,20)/t13-,17+/m1/s1. The number of para-hydroxylation sites is 1. The third-order valence-electron chi connectivity index (χ3n) is 5.27. The predicted octanol–water partition coefficient (Wildman–Crippen LogP) is 2.08. The first-order valence-electron chi connectivity index (χ1n) is 8.15. The Morgan fingerprint density at radius 1 is 1.33 bits per heavy atom. The van der Waals surface area contributed by atoms with Crippen molar-refractivity contribution in [2.24, 2.45) is 5.92 Å². The fraction of sp³-hybridized carbons (Fsp3) is 0.471. The fourth-order valence-corrected chi connectivity index (χ4v) is 5.93. The van der Waals surface area contributed by atoms with E-state index in [2.05, 4.69) is 0 Å². The molecule has 7 heteroatoms. The number of piperidine rings is 1. The van der Waals surface area contributed by atoms with Crippen LogP contribution in [-0.4, -0.2) is 42.5 Å². The fourth-order valence-electron chi connectivity index (χ4n) is 3.93. The molecule has 1 aromatic carbocycles. The number of benzene rings is 1. The Kier molecular flexibility index (Phi) is 3.47. The lowest BCUT2D eigenvalue weighted by molar-refractivity contribution is -0.144. The van der Waals surface area contributed by atoms with E-state index in [0.717, 1.165) is 6.42 Å². The molecule has 2 aliphatic heterocycles. The van der Waals surface area contributed by atoms with Crippen LogP contribution in [0.2, 0.25) is 0 Å². The van der Waals surface area contributed by atoms with Gasteiger partial charge in [-0.3, -0.25) is 4.79 Å². The molecule has 1 saturated heterocycles. The van der Waals surface area contributed by atoms with Crippen LogP contribution in [0.1, 0.15) is 31.2 Å². The maximum Gasteiger partial charge on any atom is 0.325 e. The second-order valence-corrected chi connectivity index (χ2v) is 8.51. The zero-order valence-electron chi connectivity index (χ0n) is 13.1. The van der Waals surface area contributed by atoms with Crippen molar-refractivity contribution in [1.29, 1.82) is 0 Å². The minimum absolute atomic E-state index is 0.0616. The maximum absolute atomic E-state index is 13.2. The first-order chi connectivity index (χ1) is 11.5. The van der Waals surface area contributed by atoms with Crippen molar-refractivity contribution in [2.75, 3.05) is 13.2 Å². The zero-order valence-corrected chi connectivity index (χ0v) is 14.0. The Hall–Kier alpha value is -1.86. The van der Waals surface area contributed by atoms with Gasteiger partial charge in [-0.2, -0.15) is 4.31 Å². The van der Waals surface area contributed by atoms with Crippen LogP contribution in [0.5, 0.6) is 5.75 Å². The van der Waals surface area contributed by atoms with Crippen LogP contribution in [0, 0.1) is 5.92 Å². The van der Waals surface area contributed by atoms with Gasteiger partial charge in [-0.1, -0.05) is 18.2 Å². The van der Waals surface area contributed by atoms with Gasteiger partial charge in [0.05, 0.1) is 11.5 Å². The van der Waals surface area contributed by atoms with Gasteiger partial charge >= 0.3 is 5.97 Å². The van der Waals surface area contributed by atoms with Crippen LogP contribution in [0.3, 0.4) is 0 Å². The van der Waals surface area contributed by atoms with Gasteiger partial charge in [0.15, 0.2) is 0 Å². The van der Waals surface area contributed by atoms with Crippen molar-refractivity contribution >= 4 is 22.1 Å². The maximum atomic E-state index is 13.2. The monoisotopic (exact) mass is 349 g/mol. The highest BCUT2D eigenvalue weighted by molar-refractivity contribution is 7.93.